The van der Waals surface area contributed by atoms with Crippen LogP contribution in [-0.4, -0.2) is 42.1 Å². The average molecular weight is 513 g/mol. The Morgan fingerprint density at radius 3 is 2.61 bits per heavy atom. The van der Waals surface area contributed by atoms with E-state index in [-0.39, 0.29) is 24.9 Å². The maximum absolute atomic E-state index is 15.0. The molecule has 3 amide bonds. The topological polar surface area (TPSA) is 101 Å². The molecule has 38 heavy (non-hydrogen) atoms. The Morgan fingerprint density at radius 2 is 1.84 bits per heavy atom. The van der Waals surface area contributed by atoms with Gasteiger partial charge in [-0.1, -0.05) is 42.5 Å². The van der Waals surface area contributed by atoms with Crippen LogP contribution in [0.5, 0.6) is 0 Å². The summed E-state index contributed by atoms with van der Waals surface area (Å²) in [6.07, 6.45) is 0.529. The highest BCUT2D eigenvalue weighted by Gasteiger charge is 2.32. The van der Waals surface area contributed by atoms with E-state index < -0.39 is 18.0 Å². The number of benzene rings is 3. The highest BCUT2D eigenvalue weighted by Crippen LogP contribution is 2.29. The summed E-state index contributed by atoms with van der Waals surface area (Å²) in [4.78, 5) is 41.7. The van der Waals surface area contributed by atoms with E-state index >= 15 is 4.39 Å². The van der Waals surface area contributed by atoms with Crippen LogP contribution in [0.15, 0.2) is 79.0 Å². The Labute approximate surface area is 218 Å². The molecule has 0 bridgehead atoms. The number of pyridine rings is 1. The van der Waals surface area contributed by atoms with Gasteiger partial charge in [-0.2, -0.15) is 0 Å². The van der Waals surface area contributed by atoms with Gasteiger partial charge in [0.1, 0.15) is 11.9 Å². The van der Waals surface area contributed by atoms with Crippen molar-refractivity contribution >= 4 is 34.5 Å². The molecule has 0 saturated carbocycles. The first-order valence-electron chi connectivity index (χ1n) is 12.1. The second-order valence-corrected chi connectivity index (χ2v) is 8.97. The van der Waals surface area contributed by atoms with Gasteiger partial charge in [-0.3, -0.25) is 19.5 Å². The Bertz CT molecular complexity index is 1520. The van der Waals surface area contributed by atoms with Crippen molar-refractivity contribution in [3.8, 4) is 11.1 Å². The fraction of sp³-hybridized carbons (Fsp3) is 0.172. The molecular formula is C29H25FN4O4. The summed E-state index contributed by atoms with van der Waals surface area (Å²) < 4.78 is 20.3. The summed E-state index contributed by atoms with van der Waals surface area (Å²) in [5.74, 6) is -0.897. The fourth-order valence-corrected chi connectivity index (χ4v) is 4.38. The van der Waals surface area contributed by atoms with Gasteiger partial charge in [-0.15, -0.1) is 0 Å². The van der Waals surface area contributed by atoms with E-state index in [4.69, 9.17) is 4.74 Å². The number of nitrogens with one attached hydrogen (secondary N) is 2. The lowest BCUT2D eigenvalue weighted by molar-refractivity contribution is -0.119. The van der Waals surface area contributed by atoms with E-state index in [1.54, 1.807) is 36.5 Å². The largest absolute Gasteiger partial charge is 0.442 e. The quantitative estimate of drug-likeness (QED) is 0.382. The van der Waals surface area contributed by atoms with E-state index in [1.807, 2.05) is 36.4 Å². The number of cyclic esters (lactones) is 1. The van der Waals surface area contributed by atoms with Crippen LogP contribution in [0.1, 0.15) is 22.8 Å². The van der Waals surface area contributed by atoms with Crippen LogP contribution >= 0.6 is 0 Å². The number of hydrogen-bond acceptors (Lipinski definition) is 5. The minimum absolute atomic E-state index is 0.199. The number of para-hydroxylation sites is 1. The normalized spacial score (nSPS) is 14.8. The summed E-state index contributed by atoms with van der Waals surface area (Å²) in [6.45, 7) is 2.11. The van der Waals surface area contributed by atoms with Crippen molar-refractivity contribution in [1.29, 1.82) is 0 Å². The second-order valence-electron chi connectivity index (χ2n) is 8.97. The highest BCUT2D eigenvalue weighted by molar-refractivity contribution is 6.05. The van der Waals surface area contributed by atoms with Gasteiger partial charge >= 0.3 is 6.09 Å². The van der Waals surface area contributed by atoms with Crippen molar-refractivity contribution in [3.63, 3.8) is 0 Å². The number of rotatable bonds is 7. The van der Waals surface area contributed by atoms with Crippen LogP contribution in [0.4, 0.5) is 14.9 Å². The van der Waals surface area contributed by atoms with Gasteiger partial charge in [-0.05, 0) is 41.5 Å². The monoisotopic (exact) mass is 512 g/mol. The summed E-state index contributed by atoms with van der Waals surface area (Å²) in [5, 5.41) is 6.33. The molecule has 1 aliphatic heterocycles. The molecule has 1 atom stereocenters. The third-order valence-corrected chi connectivity index (χ3v) is 6.33. The van der Waals surface area contributed by atoms with Crippen LogP contribution in [-0.2, 0) is 16.1 Å². The third-order valence-electron chi connectivity index (χ3n) is 6.33. The Balaban J connectivity index is 1.23. The first-order chi connectivity index (χ1) is 18.4. The zero-order chi connectivity index (χ0) is 26.6. The summed E-state index contributed by atoms with van der Waals surface area (Å²) in [6, 6.07) is 21.0. The second kappa shape index (κ2) is 10.7. The number of carbonyl (C=O) groups is 3. The van der Waals surface area contributed by atoms with Gasteiger partial charge in [0.05, 0.1) is 29.9 Å². The van der Waals surface area contributed by atoms with Crippen LogP contribution < -0.4 is 15.5 Å². The molecule has 1 fully saturated rings. The fourth-order valence-electron chi connectivity index (χ4n) is 4.38. The molecule has 1 aromatic heterocycles. The Morgan fingerprint density at radius 1 is 1.05 bits per heavy atom. The van der Waals surface area contributed by atoms with E-state index in [0.29, 0.717) is 28.9 Å². The number of amides is 3. The van der Waals surface area contributed by atoms with E-state index in [2.05, 4.69) is 15.6 Å². The summed E-state index contributed by atoms with van der Waals surface area (Å²) in [5.41, 5.74) is 3.60. The summed E-state index contributed by atoms with van der Waals surface area (Å²) >= 11 is 0. The smallest absolute Gasteiger partial charge is 0.414 e. The number of fused-ring (bicyclic) bond motifs is 1. The lowest BCUT2D eigenvalue weighted by atomic mass is 10.0. The number of aromatic nitrogens is 1. The van der Waals surface area contributed by atoms with Crippen molar-refractivity contribution in [3.05, 3.63) is 95.9 Å². The maximum atomic E-state index is 15.0. The predicted molar refractivity (Wildman–Crippen MR) is 141 cm³/mol. The van der Waals surface area contributed by atoms with Gasteiger partial charge in [0.25, 0.3) is 5.91 Å². The molecule has 2 heterocycles. The minimum atomic E-state index is -0.585. The van der Waals surface area contributed by atoms with Crippen LogP contribution in [0.25, 0.3) is 22.0 Å². The standard InChI is InChI=1S/C29H25FN4O4/c1-18(35)32-16-22-17-34(29(37)38-22)21-10-11-23(26(30)14-21)20-8-6-19(7-9-20)15-33-28(36)25-12-13-31-27-5-3-2-4-24(25)27/h2-14,22H,15-17H2,1H3,(H,32,35)(H,33,36)/t22-/m0/s1. The van der Waals surface area contributed by atoms with E-state index in [0.717, 1.165) is 16.5 Å². The van der Waals surface area contributed by atoms with Gasteiger partial charge in [0, 0.05) is 30.6 Å². The number of halogens is 1. The third kappa shape index (κ3) is 5.31. The average Bonchev–Trinajstić information content (AvgIpc) is 3.31. The first-order valence-corrected chi connectivity index (χ1v) is 12.1. The van der Waals surface area contributed by atoms with Crippen molar-refractivity contribution in [2.24, 2.45) is 0 Å². The molecule has 0 spiro atoms. The van der Waals surface area contributed by atoms with Crippen molar-refractivity contribution in [1.82, 2.24) is 15.6 Å². The van der Waals surface area contributed by atoms with Gasteiger partial charge in [0.15, 0.2) is 0 Å². The number of ether oxygens (including phenoxy) is 1. The number of nitrogens with zero attached hydrogens (tertiary/aromatic N) is 2. The van der Waals surface area contributed by atoms with Crippen LogP contribution in [0.2, 0.25) is 0 Å². The maximum Gasteiger partial charge on any atom is 0.414 e. The molecule has 5 rings (SSSR count). The minimum Gasteiger partial charge on any atom is -0.442 e. The molecule has 192 valence electrons. The molecule has 0 unspecified atom stereocenters. The zero-order valence-corrected chi connectivity index (χ0v) is 20.6. The number of hydrogen-bond donors (Lipinski definition) is 2. The molecule has 4 aromatic rings. The molecule has 0 radical (unpaired) electrons. The van der Waals surface area contributed by atoms with Crippen LogP contribution in [0.3, 0.4) is 0 Å². The SMILES string of the molecule is CC(=O)NC[C@H]1CN(c2ccc(-c3ccc(CNC(=O)c4ccnc5ccccc45)cc3)c(F)c2)C(=O)O1. The van der Waals surface area contributed by atoms with Crippen molar-refractivity contribution in [2.45, 2.75) is 19.6 Å². The molecule has 1 saturated heterocycles. The van der Waals surface area contributed by atoms with Gasteiger partial charge in [-0.25, -0.2) is 9.18 Å². The Kier molecular flexibility index (Phi) is 6.99. The summed E-state index contributed by atoms with van der Waals surface area (Å²) in [7, 11) is 0. The molecule has 3 aromatic carbocycles. The predicted octanol–water partition coefficient (Wildman–Crippen LogP) is 4.43. The molecule has 1 aliphatic rings. The van der Waals surface area contributed by atoms with Gasteiger partial charge in [0.2, 0.25) is 5.91 Å². The molecule has 2 N–H and O–H groups in total. The first kappa shape index (κ1) is 24.9. The number of carbonyl (C=O) groups excluding carboxylic acids is 3. The lowest BCUT2D eigenvalue weighted by Gasteiger charge is -2.15. The van der Waals surface area contributed by atoms with Gasteiger partial charge < -0.3 is 15.4 Å². The van der Waals surface area contributed by atoms with Crippen molar-refractivity contribution < 1.29 is 23.5 Å². The zero-order valence-electron chi connectivity index (χ0n) is 20.6. The van der Waals surface area contributed by atoms with Crippen LogP contribution in [0, 0.1) is 5.82 Å². The highest BCUT2D eigenvalue weighted by atomic mass is 19.1. The molecular weight excluding hydrogens is 487 g/mol. The molecule has 8 nitrogen and oxygen atoms in total. The lowest BCUT2D eigenvalue weighted by Crippen LogP contribution is -2.33. The number of anilines is 1. The Hall–Kier alpha value is -4.79. The molecule has 0 aliphatic carbocycles. The van der Waals surface area contributed by atoms with E-state index in [1.165, 1.54) is 17.9 Å². The molecule has 9 heteroatoms. The van der Waals surface area contributed by atoms with Crippen molar-refractivity contribution in [2.75, 3.05) is 18.0 Å². The van der Waals surface area contributed by atoms with E-state index in [9.17, 15) is 14.4 Å².